The van der Waals surface area contributed by atoms with Crippen molar-refractivity contribution >= 4 is 27.3 Å². The molecule has 0 saturated heterocycles. The lowest BCUT2D eigenvalue weighted by molar-refractivity contribution is 0.593. The Kier molecular flexibility index (Phi) is 2.20. The molecule has 0 atom stereocenters. The molecule has 0 radical (unpaired) electrons. The van der Waals surface area contributed by atoms with E-state index in [1.807, 2.05) is 0 Å². The number of nitrogen functional groups attached to an aromatic ring is 1. The summed E-state index contributed by atoms with van der Waals surface area (Å²) in [6, 6.07) is 0. The van der Waals surface area contributed by atoms with Crippen molar-refractivity contribution in [2.75, 3.05) is 12.0 Å². The normalized spacial score (nSPS) is 11.5. The fourth-order valence-electron chi connectivity index (χ4n) is 0.542. The van der Waals surface area contributed by atoms with Gasteiger partial charge in [0.2, 0.25) is 15.0 Å². The third-order valence-corrected chi connectivity index (χ3v) is 2.23. The first-order valence-electron chi connectivity index (χ1n) is 2.89. The van der Waals surface area contributed by atoms with E-state index in [0.717, 1.165) is 12.5 Å². The predicted molar refractivity (Wildman–Crippen MR) is 44.6 cm³/mol. The van der Waals surface area contributed by atoms with Crippen molar-refractivity contribution in [1.29, 1.82) is 0 Å². The van der Waals surface area contributed by atoms with Gasteiger partial charge in [0, 0.05) is 6.26 Å². The third kappa shape index (κ3) is 1.83. The fourth-order valence-corrected chi connectivity index (χ4v) is 1.14. The summed E-state index contributed by atoms with van der Waals surface area (Å²) in [5, 5.41) is -0.174. The van der Waals surface area contributed by atoms with Gasteiger partial charge in [0.1, 0.15) is 10.8 Å². The second kappa shape index (κ2) is 2.87. The zero-order valence-electron chi connectivity index (χ0n) is 6.15. The standard InChI is InChI=1S/C5H6ClN3O2S/c1-12(10,11)5-8-2-3(6)4(7)9-5/h2H,1H3,(H2,7,8,9). The Balaban J connectivity index is 3.33. The van der Waals surface area contributed by atoms with Crippen molar-refractivity contribution in [2.45, 2.75) is 5.16 Å². The first kappa shape index (κ1) is 9.21. The number of hydrogen-bond acceptors (Lipinski definition) is 5. The zero-order chi connectivity index (χ0) is 9.35. The molecule has 2 N–H and O–H groups in total. The van der Waals surface area contributed by atoms with Gasteiger partial charge in [0.25, 0.3) is 0 Å². The van der Waals surface area contributed by atoms with E-state index in [4.69, 9.17) is 17.3 Å². The lowest BCUT2D eigenvalue weighted by atomic mass is 10.6. The number of anilines is 1. The molecule has 0 fully saturated rings. The minimum Gasteiger partial charge on any atom is -0.382 e. The molecule has 0 aliphatic carbocycles. The van der Waals surface area contributed by atoms with Crippen LogP contribution in [-0.4, -0.2) is 24.6 Å². The average molecular weight is 208 g/mol. The number of nitrogens with two attached hydrogens (primary N) is 1. The van der Waals surface area contributed by atoms with Crippen LogP contribution >= 0.6 is 11.6 Å². The van der Waals surface area contributed by atoms with Crippen LogP contribution in [0.2, 0.25) is 5.02 Å². The number of hydrogen-bond donors (Lipinski definition) is 1. The highest BCUT2D eigenvalue weighted by atomic mass is 35.5. The molecule has 7 heteroatoms. The topological polar surface area (TPSA) is 85.9 Å². The third-order valence-electron chi connectivity index (χ3n) is 1.08. The second-order valence-electron chi connectivity index (χ2n) is 2.16. The maximum atomic E-state index is 10.9. The van der Waals surface area contributed by atoms with Crippen LogP contribution in [0.4, 0.5) is 5.82 Å². The molecule has 0 amide bonds. The number of nitrogens with zero attached hydrogens (tertiary/aromatic N) is 2. The van der Waals surface area contributed by atoms with Crippen LogP contribution in [0.15, 0.2) is 11.4 Å². The van der Waals surface area contributed by atoms with Gasteiger partial charge in [-0.2, -0.15) is 4.98 Å². The molecule has 1 heterocycles. The first-order valence-corrected chi connectivity index (χ1v) is 5.16. The minimum atomic E-state index is -3.40. The van der Waals surface area contributed by atoms with Crippen molar-refractivity contribution in [3.8, 4) is 0 Å². The number of halogens is 1. The van der Waals surface area contributed by atoms with Crippen LogP contribution < -0.4 is 5.73 Å². The molecule has 0 bridgehead atoms. The largest absolute Gasteiger partial charge is 0.382 e. The molecular formula is C5H6ClN3O2S. The SMILES string of the molecule is CS(=O)(=O)c1ncc(Cl)c(N)n1. The van der Waals surface area contributed by atoms with Gasteiger partial charge in [-0.25, -0.2) is 13.4 Å². The summed E-state index contributed by atoms with van der Waals surface area (Å²) in [5.41, 5.74) is 5.27. The van der Waals surface area contributed by atoms with Crippen LogP contribution in [0.1, 0.15) is 0 Å². The van der Waals surface area contributed by atoms with E-state index in [1.54, 1.807) is 0 Å². The Morgan fingerprint density at radius 2 is 2.17 bits per heavy atom. The monoisotopic (exact) mass is 207 g/mol. The van der Waals surface area contributed by atoms with Crippen molar-refractivity contribution < 1.29 is 8.42 Å². The fraction of sp³-hybridized carbons (Fsp3) is 0.200. The molecule has 0 aliphatic rings. The van der Waals surface area contributed by atoms with Gasteiger partial charge < -0.3 is 5.73 Å². The lowest BCUT2D eigenvalue weighted by Crippen LogP contribution is -2.05. The quantitative estimate of drug-likeness (QED) is 0.661. The summed E-state index contributed by atoms with van der Waals surface area (Å²) in [6.07, 6.45) is 2.15. The molecule has 0 unspecified atom stereocenters. The smallest absolute Gasteiger partial charge is 0.248 e. The van der Waals surface area contributed by atoms with Gasteiger partial charge in [-0.15, -0.1) is 0 Å². The van der Waals surface area contributed by atoms with E-state index in [-0.39, 0.29) is 16.0 Å². The minimum absolute atomic E-state index is 0.0351. The van der Waals surface area contributed by atoms with Crippen LogP contribution in [-0.2, 0) is 9.84 Å². The summed E-state index contributed by atoms with van der Waals surface area (Å²) < 4.78 is 21.7. The highest BCUT2D eigenvalue weighted by molar-refractivity contribution is 7.90. The summed E-state index contributed by atoms with van der Waals surface area (Å²) in [4.78, 5) is 6.99. The van der Waals surface area contributed by atoms with Crippen molar-refractivity contribution in [1.82, 2.24) is 9.97 Å². The lowest BCUT2D eigenvalue weighted by Gasteiger charge is -1.98. The van der Waals surface area contributed by atoms with Crippen LogP contribution in [0.25, 0.3) is 0 Å². The van der Waals surface area contributed by atoms with Gasteiger partial charge in [0.05, 0.1) is 6.20 Å². The maximum absolute atomic E-state index is 10.9. The first-order chi connectivity index (χ1) is 5.41. The molecule has 66 valence electrons. The highest BCUT2D eigenvalue weighted by Gasteiger charge is 2.11. The summed E-state index contributed by atoms with van der Waals surface area (Å²) in [6.45, 7) is 0. The van der Waals surface area contributed by atoms with Crippen molar-refractivity contribution in [3.05, 3.63) is 11.2 Å². The summed E-state index contributed by atoms with van der Waals surface area (Å²) in [7, 11) is -3.40. The Labute approximate surface area is 74.5 Å². The van der Waals surface area contributed by atoms with Crippen LogP contribution in [0, 0.1) is 0 Å². The van der Waals surface area contributed by atoms with E-state index in [1.165, 1.54) is 0 Å². The molecule has 0 spiro atoms. The molecule has 0 saturated carbocycles. The Bertz CT molecular complexity index is 403. The maximum Gasteiger partial charge on any atom is 0.248 e. The Morgan fingerprint density at radius 1 is 1.58 bits per heavy atom. The molecule has 0 aliphatic heterocycles. The van der Waals surface area contributed by atoms with E-state index in [0.29, 0.717) is 0 Å². The van der Waals surface area contributed by atoms with Crippen LogP contribution in [0.3, 0.4) is 0 Å². The van der Waals surface area contributed by atoms with E-state index >= 15 is 0 Å². The summed E-state index contributed by atoms with van der Waals surface area (Å²) in [5.74, 6) is -0.0351. The number of sulfone groups is 1. The molecule has 0 aromatic carbocycles. The summed E-state index contributed by atoms with van der Waals surface area (Å²) >= 11 is 5.49. The van der Waals surface area contributed by atoms with E-state index in [2.05, 4.69) is 9.97 Å². The molecular weight excluding hydrogens is 202 g/mol. The average Bonchev–Trinajstić information content (AvgIpc) is 1.92. The van der Waals surface area contributed by atoms with Gasteiger partial charge in [0.15, 0.2) is 0 Å². The highest BCUT2D eigenvalue weighted by Crippen LogP contribution is 2.15. The van der Waals surface area contributed by atoms with Gasteiger partial charge >= 0.3 is 0 Å². The van der Waals surface area contributed by atoms with Crippen molar-refractivity contribution in [2.24, 2.45) is 0 Å². The van der Waals surface area contributed by atoms with E-state index < -0.39 is 9.84 Å². The molecule has 12 heavy (non-hydrogen) atoms. The zero-order valence-corrected chi connectivity index (χ0v) is 7.72. The number of aromatic nitrogens is 2. The molecule has 1 aromatic rings. The van der Waals surface area contributed by atoms with Crippen molar-refractivity contribution in [3.63, 3.8) is 0 Å². The predicted octanol–water partition coefficient (Wildman–Crippen LogP) is 0.116. The Hall–Kier alpha value is -0.880. The molecule has 5 nitrogen and oxygen atoms in total. The van der Waals surface area contributed by atoms with Gasteiger partial charge in [-0.05, 0) is 0 Å². The van der Waals surface area contributed by atoms with Gasteiger partial charge in [-0.1, -0.05) is 11.6 Å². The van der Waals surface area contributed by atoms with Gasteiger partial charge in [-0.3, -0.25) is 0 Å². The number of rotatable bonds is 1. The molecule has 1 aromatic heterocycles. The Morgan fingerprint density at radius 3 is 2.58 bits per heavy atom. The van der Waals surface area contributed by atoms with E-state index in [9.17, 15) is 8.42 Å². The van der Waals surface area contributed by atoms with Crippen LogP contribution in [0.5, 0.6) is 0 Å². The molecule has 1 rings (SSSR count). The second-order valence-corrected chi connectivity index (χ2v) is 4.47.